The minimum atomic E-state index is -3.52. The first-order valence-corrected chi connectivity index (χ1v) is 10.2. The van der Waals surface area contributed by atoms with Crippen LogP contribution in [0.4, 0.5) is 5.69 Å². The van der Waals surface area contributed by atoms with Gasteiger partial charge in [0, 0.05) is 29.7 Å². The largest absolute Gasteiger partial charge is 0.368 e. The minimum absolute atomic E-state index is 0.0875. The van der Waals surface area contributed by atoms with Gasteiger partial charge in [0.2, 0.25) is 10.0 Å². The molecule has 0 atom stereocenters. The first-order chi connectivity index (χ1) is 11.3. The molecule has 8 heteroatoms. The average Bonchev–Trinajstić information content (AvgIpc) is 2.85. The van der Waals surface area contributed by atoms with E-state index in [1.54, 1.807) is 18.2 Å². The highest BCUT2D eigenvalue weighted by molar-refractivity contribution is 7.89. The molecule has 1 aromatic carbocycles. The summed E-state index contributed by atoms with van der Waals surface area (Å²) in [5.41, 5.74) is 0.854. The lowest BCUT2D eigenvalue weighted by atomic mass is 10.1. The van der Waals surface area contributed by atoms with Crippen LogP contribution in [-0.4, -0.2) is 41.0 Å². The molecular weight excluding hydrogens is 346 g/mol. The fraction of sp³-hybridized carbons (Fsp3) is 0.438. The zero-order valence-corrected chi connectivity index (χ0v) is 15.6. The molecule has 2 aromatic rings. The fourth-order valence-electron chi connectivity index (χ4n) is 2.94. The van der Waals surface area contributed by atoms with Crippen LogP contribution in [0.25, 0.3) is 10.1 Å². The second kappa shape index (κ2) is 6.34. The number of hydrogen-bond acceptors (Lipinski definition) is 5. The van der Waals surface area contributed by atoms with Gasteiger partial charge in [0.1, 0.15) is 4.88 Å². The van der Waals surface area contributed by atoms with Gasteiger partial charge in [0.25, 0.3) is 5.91 Å². The van der Waals surface area contributed by atoms with Crippen molar-refractivity contribution in [3.63, 3.8) is 0 Å². The summed E-state index contributed by atoms with van der Waals surface area (Å²) in [7, 11) is -2.13. The van der Waals surface area contributed by atoms with Crippen molar-refractivity contribution in [1.29, 1.82) is 0 Å². The van der Waals surface area contributed by atoms with Crippen LogP contribution < -0.4 is 14.9 Å². The number of benzene rings is 1. The quantitative estimate of drug-likeness (QED) is 0.867. The third-order valence-corrected chi connectivity index (χ3v) is 6.56. The van der Waals surface area contributed by atoms with E-state index in [2.05, 4.69) is 28.8 Å². The molecule has 2 heterocycles. The highest BCUT2D eigenvalue weighted by Gasteiger charge is 2.27. The van der Waals surface area contributed by atoms with E-state index in [0.29, 0.717) is 23.9 Å². The Morgan fingerprint density at radius 3 is 2.79 bits per heavy atom. The van der Waals surface area contributed by atoms with Gasteiger partial charge in [-0.05, 0) is 31.2 Å². The lowest BCUT2D eigenvalue weighted by Gasteiger charge is -2.25. The molecule has 24 heavy (non-hydrogen) atoms. The van der Waals surface area contributed by atoms with Gasteiger partial charge in [-0.15, -0.1) is 11.3 Å². The Morgan fingerprint density at radius 2 is 2.12 bits per heavy atom. The molecule has 3 rings (SSSR count). The van der Waals surface area contributed by atoms with Crippen molar-refractivity contribution in [2.45, 2.75) is 18.7 Å². The number of anilines is 1. The highest BCUT2D eigenvalue weighted by Crippen LogP contribution is 2.40. The normalized spacial score (nSPS) is 15.5. The van der Waals surface area contributed by atoms with Crippen LogP contribution in [0.2, 0.25) is 0 Å². The standard InChI is InChI=1S/C16H21N3O3S2/c1-10(2)9-19-7-6-18-16(20)15-14(19)12-8-11(24(21,22)17-3)4-5-13(12)23-15/h4-5,8,10,17H,6-7,9H2,1-3H3,(H,18,20). The van der Waals surface area contributed by atoms with Crippen molar-refractivity contribution >= 4 is 43.0 Å². The minimum Gasteiger partial charge on any atom is -0.368 e. The Hall–Kier alpha value is -1.64. The van der Waals surface area contributed by atoms with E-state index in [1.807, 2.05) is 0 Å². The van der Waals surface area contributed by atoms with Crippen molar-refractivity contribution in [2.75, 3.05) is 31.6 Å². The van der Waals surface area contributed by atoms with Crippen LogP contribution in [0.15, 0.2) is 23.1 Å². The predicted octanol–water partition coefficient (Wildman–Crippen LogP) is 2.02. The third kappa shape index (κ3) is 3.01. The molecule has 0 bridgehead atoms. The summed E-state index contributed by atoms with van der Waals surface area (Å²) in [5.74, 6) is 0.348. The summed E-state index contributed by atoms with van der Waals surface area (Å²) in [6.07, 6.45) is 0. The Labute approximate surface area is 145 Å². The molecule has 1 amide bonds. The van der Waals surface area contributed by atoms with Gasteiger partial charge in [0.05, 0.1) is 10.6 Å². The zero-order chi connectivity index (χ0) is 17.5. The second-order valence-corrected chi connectivity index (χ2v) is 9.18. The molecule has 6 nitrogen and oxygen atoms in total. The molecular formula is C16H21N3O3S2. The Bertz CT molecular complexity index is 887. The van der Waals surface area contributed by atoms with Gasteiger partial charge in [-0.1, -0.05) is 13.8 Å². The molecule has 0 unspecified atom stereocenters. The van der Waals surface area contributed by atoms with Crippen molar-refractivity contribution in [2.24, 2.45) is 5.92 Å². The van der Waals surface area contributed by atoms with Gasteiger partial charge < -0.3 is 10.2 Å². The van der Waals surface area contributed by atoms with Crippen LogP contribution in [0, 0.1) is 5.92 Å². The number of nitrogens with one attached hydrogen (secondary N) is 2. The molecule has 0 radical (unpaired) electrons. The number of hydrogen-bond donors (Lipinski definition) is 2. The van der Waals surface area contributed by atoms with Crippen molar-refractivity contribution < 1.29 is 13.2 Å². The van der Waals surface area contributed by atoms with Crippen LogP contribution in [0.5, 0.6) is 0 Å². The zero-order valence-electron chi connectivity index (χ0n) is 13.9. The summed E-state index contributed by atoms with van der Waals surface area (Å²) in [6.45, 7) is 6.38. The first kappa shape index (κ1) is 17.2. The molecule has 2 N–H and O–H groups in total. The number of thiophene rings is 1. The van der Waals surface area contributed by atoms with E-state index in [9.17, 15) is 13.2 Å². The maximum Gasteiger partial charge on any atom is 0.263 e. The molecule has 1 aromatic heterocycles. The summed E-state index contributed by atoms with van der Waals surface area (Å²) >= 11 is 1.41. The van der Waals surface area contributed by atoms with E-state index < -0.39 is 10.0 Å². The van der Waals surface area contributed by atoms with Crippen molar-refractivity contribution in [1.82, 2.24) is 10.0 Å². The van der Waals surface area contributed by atoms with Crippen LogP contribution in [0.1, 0.15) is 23.5 Å². The van der Waals surface area contributed by atoms with E-state index in [0.717, 1.165) is 22.3 Å². The number of fused-ring (bicyclic) bond motifs is 3. The maximum atomic E-state index is 12.4. The number of rotatable bonds is 4. The lowest BCUT2D eigenvalue weighted by Crippen LogP contribution is -2.32. The van der Waals surface area contributed by atoms with Crippen LogP contribution in [0.3, 0.4) is 0 Å². The second-order valence-electron chi connectivity index (χ2n) is 6.24. The molecule has 130 valence electrons. The van der Waals surface area contributed by atoms with E-state index in [4.69, 9.17) is 0 Å². The SMILES string of the molecule is CNS(=O)(=O)c1ccc2sc3c(c2c1)N(CC(C)C)CCNC3=O. The van der Waals surface area contributed by atoms with Gasteiger partial charge >= 0.3 is 0 Å². The topological polar surface area (TPSA) is 78.5 Å². The molecule has 1 aliphatic heterocycles. The monoisotopic (exact) mass is 367 g/mol. The molecule has 0 saturated carbocycles. The number of nitrogens with zero attached hydrogens (tertiary/aromatic N) is 1. The van der Waals surface area contributed by atoms with Crippen molar-refractivity contribution in [3.8, 4) is 0 Å². The molecule has 0 spiro atoms. The first-order valence-electron chi connectivity index (χ1n) is 7.86. The number of sulfonamides is 1. The summed E-state index contributed by atoms with van der Waals surface area (Å²) in [4.78, 5) is 15.4. The van der Waals surface area contributed by atoms with E-state index in [-0.39, 0.29) is 10.8 Å². The van der Waals surface area contributed by atoms with Crippen molar-refractivity contribution in [3.05, 3.63) is 23.1 Å². The average molecular weight is 367 g/mol. The fourth-order valence-corrected chi connectivity index (χ4v) is 4.81. The number of amides is 1. The van der Waals surface area contributed by atoms with Gasteiger partial charge in [-0.25, -0.2) is 13.1 Å². The lowest BCUT2D eigenvalue weighted by molar-refractivity contribution is 0.0962. The molecule has 0 fully saturated rings. The summed E-state index contributed by atoms with van der Waals surface area (Å²) in [6, 6.07) is 5.02. The Kier molecular flexibility index (Phi) is 4.54. The third-order valence-electron chi connectivity index (χ3n) is 3.99. The van der Waals surface area contributed by atoms with E-state index >= 15 is 0 Å². The van der Waals surface area contributed by atoms with Gasteiger partial charge in [-0.3, -0.25) is 4.79 Å². The Balaban J connectivity index is 2.24. The predicted molar refractivity (Wildman–Crippen MR) is 97.5 cm³/mol. The van der Waals surface area contributed by atoms with Crippen LogP contribution >= 0.6 is 11.3 Å². The number of carbonyl (C=O) groups excluding carboxylic acids is 1. The number of carbonyl (C=O) groups is 1. The van der Waals surface area contributed by atoms with Crippen LogP contribution in [-0.2, 0) is 10.0 Å². The van der Waals surface area contributed by atoms with Gasteiger partial charge in [-0.2, -0.15) is 0 Å². The maximum absolute atomic E-state index is 12.4. The highest BCUT2D eigenvalue weighted by atomic mass is 32.2. The van der Waals surface area contributed by atoms with E-state index in [1.165, 1.54) is 18.4 Å². The molecule has 1 aliphatic rings. The summed E-state index contributed by atoms with van der Waals surface area (Å²) < 4.78 is 27.5. The Morgan fingerprint density at radius 1 is 1.38 bits per heavy atom. The molecule has 0 aliphatic carbocycles. The smallest absolute Gasteiger partial charge is 0.263 e. The molecule has 0 saturated heterocycles. The van der Waals surface area contributed by atoms with Gasteiger partial charge in [0.15, 0.2) is 0 Å². The summed E-state index contributed by atoms with van der Waals surface area (Å²) in [5, 5.41) is 3.74.